The summed E-state index contributed by atoms with van der Waals surface area (Å²) in [5.41, 5.74) is 4.31. The van der Waals surface area contributed by atoms with Gasteiger partial charge in [-0.1, -0.05) is 60.7 Å². The average Bonchev–Trinajstić information content (AvgIpc) is 2.77. The lowest BCUT2D eigenvalue weighted by Crippen LogP contribution is -2.29. The van der Waals surface area contributed by atoms with Gasteiger partial charge in [0.15, 0.2) is 7.26 Å². The van der Waals surface area contributed by atoms with Gasteiger partial charge in [-0.15, -0.1) is 0 Å². The summed E-state index contributed by atoms with van der Waals surface area (Å²) >= 11 is 0. The van der Waals surface area contributed by atoms with Crippen LogP contribution in [0.1, 0.15) is 5.56 Å². The molecule has 134 valence electrons. The van der Waals surface area contributed by atoms with Crippen molar-refractivity contribution in [1.29, 1.82) is 0 Å². The fraction of sp³-hybridized carbons (Fsp3) is 0. The maximum absolute atomic E-state index is 13.7. The first kappa shape index (κ1) is 18.2. The highest BCUT2D eigenvalue weighted by Gasteiger charge is 2.44. The average molecular weight is 381 g/mol. The van der Waals surface area contributed by atoms with E-state index < -0.39 is 7.26 Å². The molecule has 0 saturated heterocycles. The zero-order valence-corrected chi connectivity index (χ0v) is 16.2. The van der Waals surface area contributed by atoms with Crippen LogP contribution in [-0.2, 0) is 0 Å². The highest BCUT2D eigenvalue weighted by atomic mass is 31.2. The van der Waals surface area contributed by atoms with Gasteiger partial charge in [0.25, 0.3) is 0 Å². The second-order valence-corrected chi connectivity index (χ2v) is 9.54. The van der Waals surface area contributed by atoms with E-state index in [9.17, 15) is 4.39 Å². The molecule has 2 heteroatoms. The third kappa shape index (κ3) is 3.61. The molecule has 0 fully saturated rings. The van der Waals surface area contributed by atoms with E-state index in [1.165, 1.54) is 28.0 Å². The van der Waals surface area contributed by atoms with E-state index in [4.69, 9.17) is 0 Å². The normalized spacial score (nSPS) is 10.8. The molecule has 0 saturated carbocycles. The first-order valence-corrected chi connectivity index (χ1v) is 10.9. The van der Waals surface area contributed by atoms with Crippen molar-refractivity contribution in [1.82, 2.24) is 0 Å². The van der Waals surface area contributed by atoms with Gasteiger partial charge in [0, 0.05) is 5.56 Å². The van der Waals surface area contributed by atoms with E-state index in [-0.39, 0.29) is 5.82 Å². The zero-order valence-electron chi connectivity index (χ0n) is 15.3. The van der Waals surface area contributed by atoms with Crippen LogP contribution in [0.3, 0.4) is 0 Å². The number of benzene rings is 4. The summed E-state index contributed by atoms with van der Waals surface area (Å²) in [7, 11) is -2.22. The van der Waals surface area contributed by atoms with Crippen LogP contribution < -0.4 is 15.9 Å². The lowest BCUT2D eigenvalue weighted by molar-refractivity contribution is 0.627. The van der Waals surface area contributed by atoms with Crippen LogP contribution in [0.5, 0.6) is 0 Å². The predicted octanol–water partition coefficient (Wildman–Crippen LogP) is 5.13. The van der Waals surface area contributed by atoms with Crippen molar-refractivity contribution in [2.75, 3.05) is 0 Å². The molecule has 0 N–H and O–H groups in total. The van der Waals surface area contributed by atoms with E-state index in [1.54, 1.807) is 6.07 Å². The Labute approximate surface area is 166 Å². The third-order valence-corrected chi connectivity index (χ3v) is 8.29. The second-order valence-electron chi connectivity index (χ2n) is 6.42. The zero-order chi connectivity index (χ0) is 19.2. The Morgan fingerprint density at radius 1 is 0.536 bits per heavy atom. The van der Waals surface area contributed by atoms with Gasteiger partial charge in [-0.2, -0.15) is 0 Å². The van der Waals surface area contributed by atoms with Crippen molar-refractivity contribution in [2.24, 2.45) is 0 Å². The van der Waals surface area contributed by atoms with E-state index in [0.717, 1.165) is 0 Å². The fourth-order valence-corrected chi connectivity index (χ4v) is 6.75. The van der Waals surface area contributed by atoms with E-state index in [1.807, 2.05) is 24.3 Å². The molecular formula is C26H19FP+. The molecule has 0 aliphatic heterocycles. The molecule has 0 aliphatic carbocycles. The quantitative estimate of drug-likeness (QED) is 0.341. The Hall–Kier alpha value is -3.20. The van der Waals surface area contributed by atoms with Crippen LogP contribution in [0.25, 0.3) is 0 Å². The van der Waals surface area contributed by atoms with Gasteiger partial charge in [0.2, 0.25) is 0 Å². The Bertz CT molecular complexity index is 1010. The molecule has 0 radical (unpaired) electrons. The molecule has 0 aliphatic rings. The topological polar surface area (TPSA) is 0 Å². The minimum Gasteiger partial charge on any atom is -0.207 e. The van der Waals surface area contributed by atoms with Gasteiger partial charge in [-0.05, 0) is 60.5 Å². The lowest BCUT2D eigenvalue weighted by atomic mass is 10.2. The van der Waals surface area contributed by atoms with E-state index >= 15 is 0 Å². The van der Waals surface area contributed by atoms with Crippen LogP contribution in [0, 0.1) is 17.4 Å². The highest BCUT2D eigenvalue weighted by Crippen LogP contribution is 2.54. The molecule has 0 unspecified atom stereocenters. The molecule has 0 amide bonds. The number of rotatable bonds is 3. The lowest BCUT2D eigenvalue weighted by Gasteiger charge is -2.21. The second kappa shape index (κ2) is 8.22. The number of hydrogen-bond donors (Lipinski definition) is 0. The summed E-state index contributed by atoms with van der Waals surface area (Å²) in [6, 6.07) is 37.8. The summed E-state index contributed by atoms with van der Waals surface area (Å²) in [6.07, 6.45) is 0. The smallest absolute Gasteiger partial charge is 0.189 e. The SMILES string of the molecule is Fc1cccc(C#C[P+](c2ccccc2)(c2ccccc2)c2ccccc2)c1. The molecule has 0 aromatic heterocycles. The van der Waals surface area contributed by atoms with Gasteiger partial charge in [0.05, 0.1) is 5.66 Å². The maximum atomic E-state index is 13.7. The summed E-state index contributed by atoms with van der Waals surface area (Å²) < 4.78 is 13.7. The Kier molecular flexibility index (Phi) is 5.34. The molecule has 0 spiro atoms. The fourth-order valence-electron chi connectivity index (χ4n) is 3.31. The molecule has 0 nitrogen and oxygen atoms in total. The standard InChI is InChI=1S/C26H19FP/c27-23-12-10-11-22(21-23)19-20-28(24-13-4-1-5-14-24,25-15-6-2-7-16-25)26-17-8-3-9-18-26/h1-18,21H/q+1. The Balaban J connectivity index is 2.02. The van der Waals surface area contributed by atoms with Gasteiger partial charge in [0.1, 0.15) is 21.7 Å². The largest absolute Gasteiger partial charge is 0.207 e. The minimum absolute atomic E-state index is 0.269. The maximum Gasteiger partial charge on any atom is 0.189 e. The van der Waals surface area contributed by atoms with Gasteiger partial charge < -0.3 is 0 Å². The van der Waals surface area contributed by atoms with Crippen LogP contribution in [-0.4, -0.2) is 0 Å². The summed E-state index contributed by atoms with van der Waals surface area (Å²) in [5, 5.41) is 3.57. The molecule has 0 bridgehead atoms. The first-order valence-electron chi connectivity index (χ1n) is 9.14. The van der Waals surface area contributed by atoms with Crippen molar-refractivity contribution in [3.05, 3.63) is 127 Å². The first-order chi connectivity index (χ1) is 13.8. The van der Waals surface area contributed by atoms with Crippen LogP contribution in [0.4, 0.5) is 4.39 Å². The van der Waals surface area contributed by atoms with Crippen LogP contribution in [0.15, 0.2) is 115 Å². The van der Waals surface area contributed by atoms with Crippen LogP contribution in [0.2, 0.25) is 0 Å². The van der Waals surface area contributed by atoms with Crippen molar-refractivity contribution < 1.29 is 4.39 Å². The molecule has 0 heterocycles. The van der Waals surface area contributed by atoms with E-state index in [2.05, 4.69) is 84.4 Å². The summed E-state index contributed by atoms with van der Waals surface area (Å²) in [5.74, 6) is 3.01. The Morgan fingerprint density at radius 3 is 1.43 bits per heavy atom. The van der Waals surface area contributed by atoms with E-state index in [0.29, 0.717) is 5.56 Å². The molecule has 4 rings (SSSR count). The number of halogens is 1. The van der Waals surface area contributed by atoms with Crippen molar-refractivity contribution >= 4 is 23.2 Å². The summed E-state index contributed by atoms with van der Waals surface area (Å²) in [4.78, 5) is 0. The van der Waals surface area contributed by atoms with Crippen molar-refractivity contribution in [3.63, 3.8) is 0 Å². The molecular weight excluding hydrogens is 362 g/mol. The number of hydrogen-bond acceptors (Lipinski definition) is 0. The third-order valence-electron chi connectivity index (χ3n) is 4.62. The molecule has 4 aromatic carbocycles. The van der Waals surface area contributed by atoms with Gasteiger partial charge in [-0.25, -0.2) is 4.39 Å². The highest BCUT2D eigenvalue weighted by molar-refractivity contribution is 7.99. The van der Waals surface area contributed by atoms with Crippen molar-refractivity contribution in [2.45, 2.75) is 0 Å². The van der Waals surface area contributed by atoms with Crippen LogP contribution >= 0.6 is 7.26 Å². The Morgan fingerprint density at radius 2 is 1.00 bits per heavy atom. The minimum atomic E-state index is -2.22. The molecule has 28 heavy (non-hydrogen) atoms. The molecule has 4 aromatic rings. The molecule has 0 atom stereocenters. The monoisotopic (exact) mass is 381 g/mol. The van der Waals surface area contributed by atoms with Gasteiger partial charge in [-0.3, -0.25) is 0 Å². The predicted molar refractivity (Wildman–Crippen MR) is 118 cm³/mol. The van der Waals surface area contributed by atoms with Crippen molar-refractivity contribution in [3.8, 4) is 11.6 Å². The summed E-state index contributed by atoms with van der Waals surface area (Å²) in [6.45, 7) is 0. The van der Waals surface area contributed by atoms with Gasteiger partial charge >= 0.3 is 0 Å².